The Labute approximate surface area is 96.2 Å². The summed E-state index contributed by atoms with van der Waals surface area (Å²) in [6.07, 6.45) is 1.59. The van der Waals surface area contributed by atoms with Crippen molar-refractivity contribution in [3.05, 3.63) is 45.2 Å². The molecule has 0 amide bonds. The molecular formula is C10H6ClN3S. The lowest BCUT2D eigenvalue weighted by atomic mass is 10.3. The number of pyridine rings is 1. The van der Waals surface area contributed by atoms with Gasteiger partial charge in [0, 0.05) is 11.6 Å². The average Bonchev–Trinajstić information content (AvgIpc) is 2.68. The molecule has 3 nitrogen and oxygen atoms in total. The molecular weight excluding hydrogens is 230 g/mol. The van der Waals surface area contributed by atoms with E-state index in [9.17, 15) is 0 Å². The Hall–Kier alpha value is -1.44. The van der Waals surface area contributed by atoms with Gasteiger partial charge in [-0.1, -0.05) is 11.6 Å². The number of halogens is 1. The van der Waals surface area contributed by atoms with Gasteiger partial charge in [-0.25, -0.2) is 11.6 Å². The first kappa shape index (κ1) is 10.1. The quantitative estimate of drug-likeness (QED) is 0.748. The van der Waals surface area contributed by atoms with Crippen LogP contribution in [0.5, 0.6) is 0 Å². The van der Waals surface area contributed by atoms with Crippen LogP contribution in [0.3, 0.4) is 0 Å². The Morgan fingerprint density at radius 2 is 2.27 bits per heavy atom. The summed E-state index contributed by atoms with van der Waals surface area (Å²) >= 11 is 7.21. The summed E-state index contributed by atoms with van der Waals surface area (Å²) in [6, 6.07) is 3.59. The minimum Gasteiger partial charge on any atom is -0.309 e. The summed E-state index contributed by atoms with van der Waals surface area (Å²) in [5.74, 6) is 0. The van der Waals surface area contributed by atoms with Crippen molar-refractivity contribution in [2.45, 2.75) is 6.54 Å². The van der Waals surface area contributed by atoms with Gasteiger partial charge in [-0.2, -0.15) is 0 Å². The number of aromatic nitrogens is 2. The minimum absolute atomic E-state index is 0.332. The number of hydrogen-bond donors (Lipinski definition) is 0. The lowest BCUT2D eigenvalue weighted by molar-refractivity contribution is 1.17. The molecule has 0 unspecified atom stereocenters. The van der Waals surface area contributed by atoms with E-state index in [-0.39, 0.29) is 0 Å². The highest BCUT2D eigenvalue weighted by molar-refractivity contribution is 7.09. The van der Waals surface area contributed by atoms with Gasteiger partial charge in [-0.3, -0.25) is 4.98 Å². The lowest BCUT2D eigenvalue weighted by Gasteiger charge is -1.94. The summed E-state index contributed by atoms with van der Waals surface area (Å²) in [7, 11) is 0. The monoisotopic (exact) mass is 235 g/mol. The van der Waals surface area contributed by atoms with Gasteiger partial charge < -0.3 is 4.85 Å². The Kier molecular flexibility index (Phi) is 2.95. The molecule has 2 aromatic heterocycles. The summed E-state index contributed by atoms with van der Waals surface area (Å²) in [6.45, 7) is 7.07. The summed E-state index contributed by atoms with van der Waals surface area (Å²) < 4.78 is 0. The van der Waals surface area contributed by atoms with Crippen molar-refractivity contribution in [2.75, 3.05) is 0 Å². The first-order valence-electron chi connectivity index (χ1n) is 4.19. The van der Waals surface area contributed by atoms with Crippen molar-refractivity contribution < 1.29 is 0 Å². The second-order valence-electron chi connectivity index (χ2n) is 2.80. The van der Waals surface area contributed by atoms with Crippen LogP contribution in [0.25, 0.3) is 16.2 Å². The predicted octanol–water partition coefficient (Wildman–Crippen LogP) is 3.28. The zero-order valence-corrected chi connectivity index (χ0v) is 9.22. The van der Waals surface area contributed by atoms with Crippen molar-refractivity contribution in [3.8, 4) is 11.4 Å². The topological polar surface area (TPSA) is 30.1 Å². The van der Waals surface area contributed by atoms with Gasteiger partial charge in [0.1, 0.15) is 5.69 Å². The van der Waals surface area contributed by atoms with Crippen molar-refractivity contribution in [1.82, 2.24) is 9.97 Å². The van der Waals surface area contributed by atoms with Crippen LogP contribution >= 0.6 is 22.9 Å². The van der Waals surface area contributed by atoms with Gasteiger partial charge in [0.2, 0.25) is 0 Å². The van der Waals surface area contributed by atoms with Crippen LogP contribution in [0.1, 0.15) is 5.01 Å². The van der Waals surface area contributed by atoms with E-state index in [0.29, 0.717) is 11.6 Å². The zero-order valence-electron chi connectivity index (χ0n) is 7.64. The first-order chi connectivity index (χ1) is 7.29. The molecule has 0 aromatic carbocycles. The van der Waals surface area contributed by atoms with Gasteiger partial charge in [-0.05, 0) is 12.1 Å². The van der Waals surface area contributed by atoms with E-state index in [1.807, 2.05) is 11.4 Å². The highest BCUT2D eigenvalue weighted by Gasteiger charge is 2.06. The Balaban J connectivity index is 2.30. The molecule has 0 N–H and O–H groups in total. The molecule has 2 aromatic rings. The maximum absolute atomic E-state index is 6.74. The van der Waals surface area contributed by atoms with Crippen LogP contribution in [0.4, 0.5) is 0 Å². The molecule has 0 aliphatic rings. The third-order valence-corrected chi connectivity index (χ3v) is 2.81. The van der Waals surface area contributed by atoms with E-state index >= 15 is 0 Å². The van der Waals surface area contributed by atoms with Crippen LogP contribution in [-0.4, -0.2) is 9.97 Å². The van der Waals surface area contributed by atoms with Gasteiger partial charge >= 0.3 is 0 Å². The number of nitrogens with zero attached hydrogens (tertiary/aromatic N) is 3. The predicted molar refractivity (Wildman–Crippen MR) is 60.7 cm³/mol. The smallest absolute Gasteiger partial charge is 0.265 e. The fourth-order valence-corrected chi connectivity index (χ4v) is 1.92. The molecule has 0 spiro atoms. The SMILES string of the molecule is [C-]#[N+]Cc1nc(-c2ccc(Cl)cn2)cs1. The maximum Gasteiger partial charge on any atom is 0.265 e. The minimum atomic E-state index is 0.332. The Morgan fingerprint density at radius 3 is 2.93 bits per heavy atom. The maximum atomic E-state index is 6.74. The molecule has 2 heterocycles. The van der Waals surface area contributed by atoms with E-state index in [4.69, 9.17) is 18.2 Å². The summed E-state index contributed by atoms with van der Waals surface area (Å²) in [5.41, 5.74) is 1.59. The fourth-order valence-electron chi connectivity index (χ4n) is 1.10. The molecule has 0 saturated carbocycles. The highest BCUT2D eigenvalue weighted by Crippen LogP contribution is 2.21. The summed E-state index contributed by atoms with van der Waals surface area (Å²) in [4.78, 5) is 11.7. The van der Waals surface area contributed by atoms with Crippen molar-refractivity contribution in [2.24, 2.45) is 0 Å². The average molecular weight is 236 g/mol. The number of rotatable bonds is 2. The Morgan fingerprint density at radius 1 is 1.40 bits per heavy atom. The van der Waals surface area contributed by atoms with Crippen LogP contribution in [0.15, 0.2) is 23.7 Å². The number of hydrogen-bond acceptors (Lipinski definition) is 3. The zero-order chi connectivity index (χ0) is 10.7. The molecule has 0 atom stereocenters. The first-order valence-corrected chi connectivity index (χ1v) is 5.45. The summed E-state index contributed by atoms with van der Waals surface area (Å²) in [5, 5.41) is 3.32. The standard InChI is InChI=1S/C10H6ClN3S/c1-12-5-10-14-9(6-15-10)8-3-2-7(11)4-13-8/h2-4,6H,5H2. The van der Waals surface area contributed by atoms with Crippen LogP contribution in [0, 0.1) is 6.57 Å². The van der Waals surface area contributed by atoms with Crippen LogP contribution in [0.2, 0.25) is 5.02 Å². The van der Waals surface area contributed by atoms with E-state index in [1.54, 1.807) is 12.3 Å². The second-order valence-corrected chi connectivity index (χ2v) is 4.18. The van der Waals surface area contributed by atoms with E-state index < -0.39 is 0 Å². The van der Waals surface area contributed by atoms with Crippen molar-refractivity contribution >= 4 is 22.9 Å². The van der Waals surface area contributed by atoms with Crippen LogP contribution < -0.4 is 0 Å². The number of thiazole rings is 1. The third-order valence-electron chi connectivity index (χ3n) is 1.76. The Bertz CT molecular complexity index is 498. The van der Waals surface area contributed by atoms with E-state index in [1.165, 1.54) is 11.3 Å². The van der Waals surface area contributed by atoms with Crippen molar-refractivity contribution in [1.29, 1.82) is 0 Å². The molecule has 0 saturated heterocycles. The molecule has 15 heavy (non-hydrogen) atoms. The molecule has 5 heteroatoms. The molecule has 0 fully saturated rings. The normalized spacial score (nSPS) is 9.87. The molecule has 2 rings (SSSR count). The van der Waals surface area contributed by atoms with Gasteiger partial charge in [-0.15, -0.1) is 11.3 Å². The fraction of sp³-hybridized carbons (Fsp3) is 0.100. The second kappa shape index (κ2) is 4.39. The van der Waals surface area contributed by atoms with Gasteiger partial charge in [0.25, 0.3) is 6.54 Å². The molecule has 74 valence electrons. The van der Waals surface area contributed by atoms with Crippen LogP contribution in [-0.2, 0) is 6.54 Å². The molecule has 0 aliphatic carbocycles. The van der Waals surface area contributed by atoms with E-state index in [2.05, 4.69) is 14.8 Å². The van der Waals surface area contributed by atoms with Gasteiger partial charge in [0.15, 0.2) is 5.01 Å². The molecule has 0 aliphatic heterocycles. The highest BCUT2D eigenvalue weighted by atomic mass is 35.5. The molecule has 0 bridgehead atoms. The largest absolute Gasteiger partial charge is 0.309 e. The van der Waals surface area contributed by atoms with Gasteiger partial charge in [0.05, 0.1) is 10.7 Å². The lowest BCUT2D eigenvalue weighted by Crippen LogP contribution is -1.83. The molecule has 0 radical (unpaired) electrons. The van der Waals surface area contributed by atoms with Crippen molar-refractivity contribution in [3.63, 3.8) is 0 Å². The van der Waals surface area contributed by atoms with E-state index in [0.717, 1.165) is 16.4 Å². The third kappa shape index (κ3) is 2.32.